The quantitative estimate of drug-likeness (QED) is 0.173. The van der Waals surface area contributed by atoms with Crippen molar-refractivity contribution >= 4 is 39.9 Å². The van der Waals surface area contributed by atoms with Crippen LogP contribution in [0.3, 0.4) is 0 Å². The molecule has 2 aliphatic rings. The van der Waals surface area contributed by atoms with Crippen molar-refractivity contribution < 1.29 is 28.1 Å². The number of rotatable bonds is 10. The molecule has 6 rings (SSSR count). The summed E-state index contributed by atoms with van der Waals surface area (Å²) in [5, 5.41) is 6.14. The molecule has 2 fully saturated rings. The van der Waals surface area contributed by atoms with Gasteiger partial charge in [0.1, 0.15) is 17.3 Å². The molecule has 45 heavy (non-hydrogen) atoms. The van der Waals surface area contributed by atoms with Crippen molar-refractivity contribution in [2.75, 3.05) is 57.2 Å². The van der Waals surface area contributed by atoms with Crippen molar-refractivity contribution in [2.24, 2.45) is 5.41 Å². The fraction of sp³-hybridized carbons (Fsp3) is 0.353. The number of carbonyl (C=O) groups excluding carboxylic acids is 1. The summed E-state index contributed by atoms with van der Waals surface area (Å²) in [4.78, 5) is 19.5. The lowest BCUT2D eigenvalue weighted by Gasteiger charge is -2.47. The van der Waals surface area contributed by atoms with E-state index >= 15 is 0 Å². The number of nitrogens with zero attached hydrogens (tertiary/aromatic N) is 2. The summed E-state index contributed by atoms with van der Waals surface area (Å²) in [7, 11) is 1.60. The first kappa shape index (κ1) is 30.9. The Labute approximate surface area is 266 Å². The predicted octanol–water partition coefficient (Wildman–Crippen LogP) is 7.66. The molecule has 0 radical (unpaired) electrons. The third-order valence-electron chi connectivity index (χ3n) is 8.38. The highest BCUT2D eigenvalue weighted by molar-refractivity contribution is 6.34. The van der Waals surface area contributed by atoms with Crippen molar-refractivity contribution in [2.45, 2.75) is 26.2 Å². The summed E-state index contributed by atoms with van der Waals surface area (Å²) < 4.78 is 37.5. The zero-order valence-electron chi connectivity index (χ0n) is 25.3. The van der Waals surface area contributed by atoms with E-state index in [0.717, 1.165) is 50.2 Å². The maximum absolute atomic E-state index is 14.0. The lowest BCUT2D eigenvalue weighted by molar-refractivity contribution is -0.139. The summed E-state index contributed by atoms with van der Waals surface area (Å²) in [5.41, 5.74) is 2.37. The molecule has 3 aromatic carbocycles. The van der Waals surface area contributed by atoms with Crippen LogP contribution in [0.25, 0.3) is 10.9 Å². The minimum atomic E-state index is -0.621. The number of aromatic nitrogens is 1. The summed E-state index contributed by atoms with van der Waals surface area (Å²) in [6.45, 7) is 7.45. The van der Waals surface area contributed by atoms with E-state index in [-0.39, 0.29) is 10.7 Å². The number of hydrogen-bond acceptors (Lipinski definition) is 7. The van der Waals surface area contributed by atoms with Gasteiger partial charge >= 0.3 is 6.03 Å². The Kier molecular flexibility index (Phi) is 9.25. The Morgan fingerprint density at radius 2 is 1.82 bits per heavy atom. The van der Waals surface area contributed by atoms with Gasteiger partial charge < -0.3 is 34.5 Å². The Bertz CT molecular complexity index is 1690. The number of urea groups is 1. The van der Waals surface area contributed by atoms with Crippen LogP contribution in [-0.4, -0.2) is 62.5 Å². The topological polar surface area (TPSA) is 94.2 Å². The van der Waals surface area contributed by atoms with Gasteiger partial charge in [0, 0.05) is 35.7 Å². The van der Waals surface area contributed by atoms with Gasteiger partial charge in [0.2, 0.25) is 0 Å². The number of pyridine rings is 1. The first-order chi connectivity index (χ1) is 21.8. The monoisotopic (exact) mass is 634 g/mol. The van der Waals surface area contributed by atoms with Crippen LogP contribution >= 0.6 is 11.6 Å². The van der Waals surface area contributed by atoms with E-state index in [9.17, 15) is 9.18 Å². The first-order valence-electron chi connectivity index (χ1n) is 15.0. The van der Waals surface area contributed by atoms with Crippen LogP contribution in [0.4, 0.5) is 20.6 Å². The molecule has 1 aromatic heterocycles. The average molecular weight is 635 g/mol. The number of nitrogens with one attached hydrogen (secondary N) is 2. The molecule has 0 bridgehead atoms. The Morgan fingerprint density at radius 3 is 2.56 bits per heavy atom. The van der Waals surface area contributed by atoms with Crippen LogP contribution in [0.5, 0.6) is 23.0 Å². The van der Waals surface area contributed by atoms with E-state index in [1.54, 1.807) is 49.7 Å². The molecule has 1 spiro atoms. The third kappa shape index (κ3) is 7.24. The number of likely N-dealkylation sites (tertiary alicyclic amines) is 1. The summed E-state index contributed by atoms with van der Waals surface area (Å²) in [5.74, 6) is 1.68. The predicted molar refractivity (Wildman–Crippen MR) is 173 cm³/mol. The van der Waals surface area contributed by atoms with Crippen molar-refractivity contribution in [1.82, 2.24) is 9.88 Å². The van der Waals surface area contributed by atoms with Gasteiger partial charge in [-0.2, -0.15) is 0 Å². The smallest absolute Gasteiger partial charge is 0.323 e. The van der Waals surface area contributed by atoms with Crippen molar-refractivity contribution in [3.05, 3.63) is 77.2 Å². The lowest BCUT2D eigenvalue weighted by atomic mass is 9.77. The van der Waals surface area contributed by atoms with Crippen LogP contribution < -0.4 is 24.8 Å². The molecule has 2 N–H and O–H groups in total. The van der Waals surface area contributed by atoms with E-state index in [1.807, 2.05) is 19.1 Å². The third-order valence-corrected chi connectivity index (χ3v) is 8.70. The number of aryl methyl sites for hydroxylation is 1. The van der Waals surface area contributed by atoms with Gasteiger partial charge in [-0.1, -0.05) is 17.7 Å². The van der Waals surface area contributed by atoms with E-state index in [2.05, 4.69) is 20.5 Å². The second kappa shape index (κ2) is 13.5. The molecule has 236 valence electrons. The number of halogens is 2. The number of hydrogen-bond donors (Lipinski definition) is 2. The molecule has 9 nitrogen and oxygen atoms in total. The van der Waals surface area contributed by atoms with E-state index in [0.29, 0.717) is 46.2 Å². The number of carbonyl (C=O) groups is 1. The highest BCUT2D eigenvalue weighted by Gasteiger charge is 2.40. The molecule has 0 atom stereocenters. The maximum Gasteiger partial charge on any atom is 0.323 e. The van der Waals surface area contributed by atoms with Gasteiger partial charge in [0.05, 0.1) is 48.8 Å². The molecular weight excluding hydrogens is 599 g/mol. The fourth-order valence-corrected chi connectivity index (χ4v) is 5.91. The SMILES string of the molecule is COc1cc2c(Oc3ccc(NC(=O)Nc4cc(C)ccc4F)c(Cl)c3)ccnc2cc1OCCCN1CCC2(CC1)COC2. The van der Waals surface area contributed by atoms with Gasteiger partial charge in [-0.15, -0.1) is 0 Å². The maximum atomic E-state index is 14.0. The molecule has 0 aliphatic carbocycles. The van der Waals surface area contributed by atoms with Gasteiger partial charge in [-0.05, 0) is 81.2 Å². The molecule has 3 heterocycles. The van der Waals surface area contributed by atoms with Crippen LogP contribution in [0.15, 0.2) is 60.8 Å². The molecule has 0 saturated carbocycles. The van der Waals surface area contributed by atoms with E-state index in [4.69, 9.17) is 30.5 Å². The number of anilines is 2. The minimum Gasteiger partial charge on any atom is -0.493 e. The summed E-state index contributed by atoms with van der Waals surface area (Å²) in [6.07, 6.45) is 5.00. The van der Waals surface area contributed by atoms with Crippen molar-refractivity contribution in [3.8, 4) is 23.0 Å². The lowest BCUT2D eigenvalue weighted by Crippen LogP contribution is -2.51. The zero-order valence-corrected chi connectivity index (χ0v) is 26.1. The minimum absolute atomic E-state index is 0.0763. The molecule has 2 aliphatic heterocycles. The van der Waals surface area contributed by atoms with Gasteiger partial charge in [-0.25, -0.2) is 9.18 Å². The van der Waals surface area contributed by atoms with Crippen LogP contribution in [0, 0.1) is 18.2 Å². The second-order valence-electron chi connectivity index (χ2n) is 11.7. The highest BCUT2D eigenvalue weighted by atomic mass is 35.5. The Morgan fingerprint density at radius 1 is 1.02 bits per heavy atom. The largest absolute Gasteiger partial charge is 0.493 e. The molecule has 11 heteroatoms. The number of benzene rings is 3. The average Bonchev–Trinajstić information content (AvgIpc) is 3.02. The number of ether oxygens (including phenoxy) is 4. The van der Waals surface area contributed by atoms with Crippen LogP contribution in [0.1, 0.15) is 24.8 Å². The fourth-order valence-electron chi connectivity index (χ4n) is 5.69. The summed E-state index contributed by atoms with van der Waals surface area (Å²) in [6, 6.07) is 14.2. The van der Waals surface area contributed by atoms with Crippen LogP contribution in [0.2, 0.25) is 5.02 Å². The van der Waals surface area contributed by atoms with E-state index < -0.39 is 11.8 Å². The number of piperidine rings is 1. The Hall–Kier alpha value is -4.12. The second-order valence-corrected chi connectivity index (χ2v) is 12.1. The summed E-state index contributed by atoms with van der Waals surface area (Å²) >= 11 is 6.46. The van der Waals surface area contributed by atoms with Crippen molar-refractivity contribution in [1.29, 1.82) is 0 Å². The van der Waals surface area contributed by atoms with Crippen molar-refractivity contribution in [3.63, 3.8) is 0 Å². The molecule has 2 saturated heterocycles. The molecule has 4 aromatic rings. The van der Waals surface area contributed by atoms with Gasteiger partial charge in [0.15, 0.2) is 11.5 Å². The first-order valence-corrected chi connectivity index (χ1v) is 15.4. The normalized spacial score (nSPS) is 15.8. The molecular formula is C34H36ClFN4O5. The number of amides is 2. The van der Waals surface area contributed by atoms with Crippen LogP contribution in [-0.2, 0) is 4.74 Å². The van der Waals surface area contributed by atoms with Gasteiger partial charge in [-0.3, -0.25) is 4.98 Å². The molecule has 0 unspecified atom stereocenters. The number of fused-ring (bicyclic) bond motifs is 1. The van der Waals surface area contributed by atoms with Gasteiger partial charge in [0.25, 0.3) is 0 Å². The zero-order chi connectivity index (χ0) is 31.4. The molecule has 2 amide bonds. The standard InChI is InChI=1S/C34H36ClFN4O5/c1-22-4-6-26(36)29(16-22)39-33(41)38-27-7-5-23(17-25(27)35)45-30-8-11-37-28-19-32(31(42-2)18-24(28)30)44-15-3-12-40-13-9-34(10-14-40)20-43-21-34/h4-8,11,16-19H,3,9-10,12-15,20-21H2,1-2H3,(H2,38,39,41). The highest BCUT2D eigenvalue weighted by Crippen LogP contribution is 2.39. The Balaban J connectivity index is 1.07. The number of methoxy groups -OCH3 is 1. The van der Waals surface area contributed by atoms with E-state index in [1.165, 1.54) is 18.9 Å².